The minimum atomic E-state index is -1.03. The van der Waals surface area contributed by atoms with E-state index in [-0.39, 0.29) is 63.1 Å². The summed E-state index contributed by atoms with van der Waals surface area (Å²) >= 11 is 0. The van der Waals surface area contributed by atoms with Crippen LogP contribution in [0.3, 0.4) is 0 Å². The largest absolute Gasteiger partial charge is 0.508 e. The zero-order chi connectivity index (χ0) is 30.0. The number of methoxy groups -OCH3 is 1. The molecule has 2 aromatic carbocycles. The van der Waals surface area contributed by atoms with Crippen LogP contribution >= 0.6 is 0 Å². The van der Waals surface area contributed by atoms with Gasteiger partial charge in [-0.15, -0.1) is 6.42 Å². The number of nitrogens with zero attached hydrogens (tertiary/aromatic N) is 5. The normalized spacial score (nSPS) is 24.8. The molecule has 2 saturated heterocycles. The van der Waals surface area contributed by atoms with Crippen molar-refractivity contribution in [3.05, 3.63) is 47.7 Å². The number of aromatic hydroxyl groups is 1. The highest BCUT2D eigenvalue weighted by atomic mass is 19.1. The topological polar surface area (TPSA) is 83.8 Å². The molecule has 4 aromatic rings. The van der Waals surface area contributed by atoms with Gasteiger partial charge in [0.05, 0.1) is 28.6 Å². The average Bonchev–Trinajstić information content (AvgIpc) is 3.44. The summed E-state index contributed by atoms with van der Waals surface area (Å²) in [4.78, 5) is 17.5. The Hall–Kier alpha value is -4.14. The third kappa shape index (κ3) is 4.51. The van der Waals surface area contributed by atoms with Crippen LogP contribution in [0, 0.1) is 24.0 Å². The lowest BCUT2D eigenvalue weighted by atomic mass is 9.94. The molecule has 0 bridgehead atoms. The number of hydrogen-bond acceptors (Lipinski definition) is 8. The number of benzene rings is 2. The highest BCUT2D eigenvalue weighted by Gasteiger charge is 2.49. The van der Waals surface area contributed by atoms with Crippen molar-refractivity contribution in [3.8, 4) is 35.4 Å². The Morgan fingerprint density at radius 1 is 1.26 bits per heavy atom. The summed E-state index contributed by atoms with van der Waals surface area (Å²) in [6.07, 6.45) is 9.21. The monoisotopic (exact) mass is 589 g/mol. The zero-order valence-electron chi connectivity index (χ0n) is 23.8. The first-order chi connectivity index (χ1) is 20.7. The van der Waals surface area contributed by atoms with Crippen molar-refractivity contribution in [1.82, 2.24) is 19.9 Å². The number of terminal acetylenes is 1. The van der Waals surface area contributed by atoms with Crippen LogP contribution in [0.1, 0.15) is 31.2 Å². The number of aromatic nitrogens is 3. The molecule has 0 unspecified atom stereocenters. The molecule has 7 rings (SSSR count). The molecule has 8 nitrogen and oxygen atoms in total. The Balaban J connectivity index is 1.36. The second kappa shape index (κ2) is 10.2. The minimum Gasteiger partial charge on any atom is -0.508 e. The standard InChI is InChI=1S/C32H30F3N5O3/c1-4-20-23(33)7-6-17-10-18(41)11-21(26(17)20)28-27(35)29-22(14-36-28)30(39(2)25-12-24(25)34)38-31(37-29)43-16-32-8-5-9-40(32)15-19(13-32)42-3/h1,6-7,10-11,14,19,24-25,41H,5,8-9,12-13,15-16H2,2-3H3/t19-,24-,25-,32+/m1/s1. The van der Waals surface area contributed by atoms with Crippen molar-refractivity contribution in [2.24, 2.45) is 0 Å². The predicted octanol–water partition coefficient (Wildman–Crippen LogP) is 4.99. The molecular formula is C32H30F3N5O3. The molecule has 11 heteroatoms. The van der Waals surface area contributed by atoms with Gasteiger partial charge in [-0.3, -0.25) is 9.88 Å². The number of pyridine rings is 1. The summed E-state index contributed by atoms with van der Waals surface area (Å²) < 4.78 is 57.3. The van der Waals surface area contributed by atoms with Crippen molar-refractivity contribution >= 4 is 27.5 Å². The van der Waals surface area contributed by atoms with Crippen LogP contribution in [0.4, 0.5) is 19.0 Å². The fourth-order valence-electron chi connectivity index (χ4n) is 6.83. The molecule has 43 heavy (non-hydrogen) atoms. The molecule has 1 saturated carbocycles. The number of phenolic OH excluding ortho intramolecular Hbond substituents is 1. The zero-order valence-corrected chi connectivity index (χ0v) is 23.8. The average molecular weight is 590 g/mol. The Labute approximate surface area is 246 Å². The van der Waals surface area contributed by atoms with Crippen LogP contribution in [0.15, 0.2) is 30.5 Å². The molecular weight excluding hydrogens is 559 g/mol. The van der Waals surface area contributed by atoms with Gasteiger partial charge in [-0.05, 0) is 49.4 Å². The van der Waals surface area contributed by atoms with Gasteiger partial charge in [-0.1, -0.05) is 12.0 Å². The second-order valence-corrected chi connectivity index (χ2v) is 11.7. The lowest BCUT2D eigenvalue weighted by Crippen LogP contribution is -2.43. The van der Waals surface area contributed by atoms with E-state index >= 15 is 4.39 Å². The Morgan fingerprint density at radius 3 is 2.81 bits per heavy atom. The molecule has 2 aliphatic heterocycles. The highest BCUT2D eigenvalue weighted by Crippen LogP contribution is 2.42. The van der Waals surface area contributed by atoms with E-state index in [9.17, 15) is 13.9 Å². The molecule has 0 radical (unpaired) electrons. The van der Waals surface area contributed by atoms with Crippen molar-refractivity contribution in [2.45, 2.75) is 49.5 Å². The van der Waals surface area contributed by atoms with Crippen molar-refractivity contribution in [3.63, 3.8) is 0 Å². The maximum atomic E-state index is 16.6. The van der Waals surface area contributed by atoms with E-state index in [1.54, 1.807) is 19.1 Å². The quantitative estimate of drug-likeness (QED) is 0.302. The van der Waals surface area contributed by atoms with E-state index in [0.29, 0.717) is 17.6 Å². The number of fused-ring (bicyclic) bond motifs is 3. The van der Waals surface area contributed by atoms with Crippen molar-refractivity contribution in [1.29, 1.82) is 0 Å². The van der Waals surface area contributed by atoms with Gasteiger partial charge >= 0.3 is 6.01 Å². The SMILES string of the molecule is C#Cc1c(F)ccc2cc(O)cc(-c3ncc4c(N(C)[C@@H]5C[C@H]5F)nc(OC[C@@]56CCCN5C[C@H](OC)C6)nc4c3F)c12. The molecule has 3 aliphatic rings. The lowest BCUT2D eigenvalue weighted by molar-refractivity contribution is 0.0997. The van der Waals surface area contributed by atoms with Gasteiger partial charge in [0.15, 0.2) is 5.82 Å². The Morgan fingerprint density at radius 2 is 2.07 bits per heavy atom. The first kappa shape index (κ1) is 27.7. The number of alkyl halides is 1. The summed E-state index contributed by atoms with van der Waals surface area (Å²) in [5.74, 6) is 0.987. The van der Waals surface area contributed by atoms with Gasteiger partial charge in [-0.25, -0.2) is 13.2 Å². The number of hydrogen-bond donors (Lipinski definition) is 1. The summed E-state index contributed by atoms with van der Waals surface area (Å²) in [6.45, 7) is 2.04. The molecule has 0 spiro atoms. The number of phenols is 1. The van der Waals surface area contributed by atoms with Gasteiger partial charge in [0.1, 0.15) is 41.4 Å². The van der Waals surface area contributed by atoms with Crippen LogP contribution in [0.5, 0.6) is 11.8 Å². The summed E-state index contributed by atoms with van der Waals surface area (Å²) in [5, 5.41) is 11.4. The summed E-state index contributed by atoms with van der Waals surface area (Å²) in [7, 11) is 3.40. The number of halogens is 3. The third-order valence-corrected chi connectivity index (χ3v) is 9.18. The second-order valence-electron chi connectivity index (χ2n) is 11.7. The Bertz CT molecular complexity index is 1810. The molecule has 0 amide bonds. The van der Waals surface area contributed by atoms with E-state index < -0.39 is 23.8 Å². The fraction of sp³-hybridized carbons (Fsp3) is 0.406. The predicted molar refractivity (Wildman–Crippen MR) is 156 cm³/mol. The lowest BCUT2D eigenvalue weighted by Gasteiger charge is -2.31. The van der Waals surface area contributed by atoms with E-state index in [0.717, 1.165) is 32.4 Å². The first-order valence-corrected chi connectivity index (χ1v) is 14.3. The molecule has 3 fully saturated rings. The number of anilines is 1. The third-order valence-electron chi connectivity index (χ3n) is 9.18. The first-order valence-electron chi connectivity index (χ1n) is 14.3. The summed E-state index contributed by atoms with van der Waals surface area (Å²) in [5.41, 5.74) is -0.465. The maximum Gasteiger partial charge on any atom is 0.319 e. The maximum absolute atomic E-state index is 16.6. The van der Waals surface area contributed by atoms with Crippen LogP contribution in [0.2, 0.25) is 0 Å². The van der Waals surface area contributed by atoms with Crippen LogP contribution in [-0.2, 0) is 4.74 Å². The van der Waals surface area contributed by atoms with Crippen LogP contribution < -0.4 is 9.64 Å². The molecule has 2 aromatic heterocycles. The highest BCUT2D eigenvalue weighted by molar-refractivity contribution is 6.03. The fourth-order valence-corrected chi connectivity index (χ4v) is 6.83. The van der Waals surface area contributed by atoms with Crippen molar-refractivity contribution in [2.75, 3.05) is 38.8 Å². The van der Waals surface area contributed by atoms with Gasteiger partial charge in [-0.2, -0.15) is 9.97 Å². The molecule has 1 aliphatic carbocycles. The molecule has 4 heterocycles. The van der Waals surface area contributed by atoms with Gasteiger partial charge in [0.25, 0.3) is 0 Å². The molecule has 4 atom stereocenters. The smallest absolute Gasteiger partial charge is 0.319 e. The van der Waals surface area contributed by atoms with Crippen molar-refractivity contribution < 1.29 is 27.8 Å². The summed E-state index contributed by atoms with van der Waals surface area (Å²) in [6, 6.07) is 4.92. The molecule has 222 valence electrons. The minimum absolute atomic E-state index is 0.0420. The van der Waals surface area contributed by atoms with Crippen LogP contribution in [0.25, 0.3) is 32.9 Å². The van der Waals surface area contributed by atoms with E-state index in [1.807, 2.05) is 0 Å². The number of ether oxygens (including phenoxy) is 2. The van der Waals surface area contributed by atoms with Gasteiger partial charge in [0.2, 0.25) is 0 Å². The molecule has 1 N–H and O–H groups in total. The van der Waals surface area contributed by atoms with E-state index in [2.05, 4.69) is 25.8 Å². The van der Waals surface area contributed by atoms with Gasteiger partial charge in [0, 0.05) is 44.3 Å². The Kier molecular flexibility index (Phi) is 6.59. The van der Waals surface area contributed by atoms with E-state index in [4.69, 9.17) is 15.9 Å². The van der Waals surface area contributed by atoms with Gasteiger partial charge < -0.3 is 19.5 Å². The number of rotatable bonds is 7. The van der Waals surface area contributed by atoms with E-state index in [1.165, 1.54) is 30.5 Å². The van der Waals surface area contributed by atoms with Crippen LogP contribution in [-0.4, -0.2) is 82.7 Å².